The van der Waals surface area contributed by atoms with E-state index in [2.05, 4.69) is 0 Å². The third-order valence-corrected chi connectivity index (χ3v) is 3.49. The molecule has 1 saturated carbocycles. The van der Waals surface area contributed by atoms with Gasteiger partial charge < -0.3 is 10.6 Å². The Morgan fingerprint density at radius 3 is 2.24 bits per heavy atom. The van der Waals surface area contributed by atoms with Crippen molar-refractivity contribution in [3.63, 3.8) is 0 Å². The Labute approximate surface area is 103 Å². The van der Waals surface area contributed by atoms with E-state index in [1.807, 2.05) is 0 Å². The molecule has 3 nitrogen and oxygen atoms in total. The minimum atomic E-state index is -4.40. The van der Waals surface area contributed by atoms with Crippen LogP contribution >= 0.6 is 12.2 Å². The van der Waals surface area contributed by atoms with Crippen molar-refractivity contribution < 1.29 is 18.0 Å². The molecule has 1 amide bonds. The van der Waals surface area contributed by atoms with Crippen molar-refractivity contribution in [2.75, 3.05) is 13.6 Å². The summed E-state index contributed by atoms with van der Waals surface area (Å²) in [6, 6.07) is 0. The standard InChI is InChI=1S/C10H15F3N2OS/c1-15(6-10(11,12)13)8(16)9(7(14)17)4-2-3-5-9/h2-6H2,1H3,(H2,14,17). The average Bonchev–Trinajstić information content (AvgIpc) is 2.63. The molecule has 1 rings (SSSR count). The van der Waals surface area contributed by atoms with Crippen LogP contribution in [0.5, 0.6) is 0 Å². The first kappa shape index (κ1) is 14.2. The van der Waals surface area contributed by atoms with E-state index in [1.165, 1.54) is 0 Å². The van der Waals surface area contributed by atoms with Gasteiger partial charge in [-0.1, -0.05) is 25.1 Å². The Morgan fingerprint density at radius 2 is 1.88 bits per heavy atom. The maximum Gasteiger partial charge on any atom is 0.406 e. The van der Waals surface area contributed by atoms with Crippen LogP contribution in [-0.4, -0.2) is 35.6 Å². The maximum absolute atomic E-state index is 12.2. The summed E-state index contributed by atoms with van der Waals surface area (Å²) < 4.78 is 36.7. The number of carbonyl (C=O) groups is 1. The van der Waals surface area contributed by atoms with Crippen molar-refractivity contribution in [1.29, 1.82) is 0 Å². The fourth-order valence-corrected chi connectivity index (χ4v) is 2.54. The number of hydrogen-bond acceptors (Lipinski definition) is 2. The fraction of sp³-hybridized carbons (Fsp3) is 0.800. The lowest BCUT2D eigenvalue weighted by Crippen LogP contribution is -2.50. The van der Waals surface area contributed by atoms with Crippen LogP contribution in [0.2, 0.25) is 0 Å². The van der Waals surface area contributed by atoms with Crippen molar-refractivity contribution in [3.05, 3.63) is 0 Å². The van der Waals surface area contributed by atoms with Crippen LogP contribution in [0.1, 0.15) is 25.7 Å². The molecule has 0 aromatic rings. The second kappa shape index (κ2) is 4.80. The molecular weight excluding hydrogens is 253 g/mol. The van der Waals surface area contributed by atoms with Gasteiger partial charge in [0, 0.05) is 7.05 Å². The number of nitrogens with two attached hydrogens (primary N) is 1. The van der Waals surface area contributed by atoms with E-state index >= 15 is 0 Å². The van der Waals surface area contributed by atoms with Crippen LogP contribution in [0.4, 0.5) is 13.2 Å². The van der Waals surface area contributed by atoms with Crippen molar-refractivity contribution in [2.45, 2.75) is 31.9 Å². The van der Waals surface area contributed by atoms with Gasteiger partial charge in [0.25, 0.3) is 0 Å². The van der Waals surface area contributed by atoms with E-state index in [9.17, 15) is 18.0 Å². The monoisotopic (exact) mass is 268 g/mol. The summed E-state index contributed by atoms with van der Waals surface area (Å²) in [5.74, 6) is -0.611. The number of hydrogen-bond donors (Lipinski definition) is 1. The average molecular weight is 268 g/mol. The first-order valence-electron chi connectivity index (χ1n) is 5.31. The number of thiocarbonyl (C=S) groups is 1. The zero-order valence-corrected chi connectivity index (χ0v) is 10.3. The molecule has 1 aliphatic carbocycles. The zero-order valence-electron chi connectivity index (χ0n) is 9.51. The van der Waals surface area contributed by atoms with Crippen molar-refractivity contribution in [3.8, 4) is 0 Å². The van der Waals surface area contributed by atoms with Gasteiger partial charge in [0.05, 0.1) is 10.4 Å². The summed E-state index contributed by atoms with van der Waals surface area (Å²) in [6.07, 6.45) is -1.97. The summed E-state index contributed by atoms with van der Waals surface area (Å²) >= 11 is 4.85. The first-order chi connectivity index (χ1) is 7.69. The van der Waals surface area contributed by atoms with Crippen LogP contribution < -0.4 is 5.73 Å². The SMILES string of the molecule is CN(CC(F)(F)F)C(=O)C1(C(N)=S)CCCC1. The normalized spacial score (nSPS) is 19.1. The van der Waals surface area contributed by atoms with Gasteiger partial charge in [-0.2, -0.15) is 13.2 Å². The lowest BCUT2D eigenvalue weighted by molar-refractivity contribution is -0.162. The van der Waals surface area contributed by atoms with E-state index in [4.69, 9.17) is 18.0 Å². The molecule has 17 heavy (non-hydrogen) atoms. The van der Waals surface area contributed by atoms with E-state index in [-0.39, 0.29) is 4.99 Å². The van der Waals surface area contributed by atoms with Gasteiger partial charge in [0.15, 0.2) is 0 Å². The number of alkyl halides is 3. The highest BCUT2D eigenvalue weighted by Gasteiger charge is 2.47. The predicted molar refractivity (Wildman–Crippen MR) is 61.4 cm³/mol. The highest BCUT2D eigenvalue weighted by Crippen LogP contribution is 2.40. The lowest BCUT2D eigenvalue weighted by Gasteiger charge is -2.31. The van der Waals surface area contributed by atoms with Crippen LogP contribution in [-0.2, 0) is 4.79 Å². The topological polar surface area (TPSA) is 46.3 Å². The summed E-state index contributed by atoms with van der Waals surface area (Å²) in [5.41, 5.74) is 4.48. The van der Waals surface area contributed by atoms with Gasteiger partial charge in [0.2, 0.25) is 5.91 Å². The molecule has 0 spiro atoms. The molecule has 0 unspecified atom stereocenters. The summed E-state index contributed by atoms with van der Waals surface area (Å²) in [6.45, 7) is -1.27. The Kier molecular flexibility index (Phi) is 4.01. The maximum atomic E-state index is 12.2. The van der Waals surface area contributed by atoms with Crippen LogP contribution in [0, 0.1) is 5.41 Å². The van der Waals surface area contributed by atoms with Gasteiger partial charge in [-0.3, -0.25) is 4.79 Å². The molecule has 0 heterocycles. The summed E-state index contributed by atoms with van der Waals surface area (Å²) in [4.78, 5) is 12.7. The molecule has 0 aromatic carbocycles. The van der Waals surface area contributed by atoms with Gasteiger partial charge in [-0.05, 0) is 12.8 Å². The minimum Gasteiger partial charge on any atom is -0.392 e. The molecule has 0 bridgehead atoms. The van der Waals surface area contributed by atoms with Gasteiger partial charge in [-0.25, -0.2) is 0 Å². The van der Waals surface area contributed by atoms with E-state index in [0.717, 1.165) is 19.9 Å². The van der Waals surface area contributed by atoms with E-state index in [0.29, 0.717) is 17.7 Å². The third kappa shape index (κ3) is 3.08. The first-order valence-corrected chi connectivity index (χ1v) is 5.72. The van der Waals surface area contributed by atoms with E-state index < -0.39 is 24.0 Å². The second-order valence-corrected chi connectivity index (χ2v) is 4.87. The molecule has 7 heteroatoms. The van der Waals surface area contributed by atoms with Crippen LogP contribution in [0.25, 0.3) is 0 Å². The smallest absolute Gasteiger partial charge is 0.392 e. The second-order valence-electron chi connectivity index (χ2n) is 4.43. The van der Waals surface area contributed by atoms with Gasteiger partial charge >= 0.3 is 6.18 Å². The van der Waals surface area contributed by atoms with Gasteiger partial charge in [0.1, 0.15) is 6.54 Å². The molecule has 0 saturated heterocycles. The van der Waals surface area contributed by atoms with Gasteiger partial charge in [-0.15, -0.1) is 0 Å². The molecule has 0 aromatic heterocycles. The summed E-state index contributed by atoms with van der Waals surface area (Å²) in [5, 5.41) is 0. The highest BCUT2D eigenvalue weighted by atomic mass is 32.1. The third-order valence-electron chi connectivity index (χ3n) is 3.10. The summed E-state index contributed by atoms with van der Waals surface area (Å²) in [7, 11) is 1.13. The Morgan fingerprint density at radius 1 is 1.41 bits per heavy atom. The quantitative estimate of drug-likeness (QED) is 0.795. The zero-order chi connectivity index (χ0) is 13.3. The van der Waals surface area contributed by atoms with E-state index in [1.54, 1.807) is 0 Å². The number of halogens is 3. The predicted octanol–water partition coefficient (Wildman–Crippen LogP) is 1.85. The number of nitrogens with zero attached hydrogens (tertiary/aromatic N) is 1. The van der Waals surface area contributed by atoms with Crippen molar-refractivity contribution >= 4 is 23.1 Å². The Hall–Kier alpha value is -0.850. The minimum absolute atomic E-state index is 0.00836. The largest absolute Gasteiger partial charge is 0.406 e. The van der Waals surface area contributed by atoms with Crippen LogP contribution in [0.15, 0.2) is 0 Å². The highest BCUT2D eigenvalue weighted by molar-refractivity contribution is 7.80. The molecule has 0 atom stereocenters. The Balaban J connectivity index is 2.83. The molecule has 0 aliphatic heterocycles. The fourth-order valence-electron chi connectivity index (χ4n) is 2.25. The molecular formula is C10H15F3N2OS. The number of carbonyl (C=O) groups excluding carboxylic acids is 1. The number of amides is 1. The molecule has 98 valence electrons. The molecule has 0 radical (unpaired) electrons. The number of rotatable bonds is 3. The van der Waals surface area contributed by atoms with Crippen molar-refractivity contribution in [1.82, 2.24) is 4.90 Å². The Bertz CT molecular complexity index is 324. The molecule has 1 fully saturated rings. The van der Waals surface area contributed by atoms with Crippen LogP contribution in [0.3, 0.4) is 0 Å². The van der Waals surface area contributed by atoms with Crippen molar-refractivity contribution in [2.24, 2.45) is 11.1 Å². The molecule has 1 aliphatic rings. The lowest BCUT2D eigenvalue weighted by atomic mass is 9.84. The molecule has 2 N–H and O–H groups in total.